The van der Waals surface area contributed by atoms with E-state index in [9.17, 15) is 0 Å². The maximum Gasteiger partial charge on any atom is 0.227 e. The molecule has 3 heteroatoms. The molecule has 30 heavy (non-hydrogen) atoms. The van der Waals surface area contributed by atoms with E-state index in [2.05, 4.69) is 90.4 Å². The van der Waals surface area contributed by atoms with Crippen molar-refractivity contribution in [2.75, 3.05) is 0 Å². The highest BCUT2D eigenvalue weighted by Gasteiger charge is 2.13. The van der Waals surface area contributed by atoms with E-state index < -0.39 is 0 Å². The zero-order valence-electron chi connectivity index (χ0n) is 16.7. The summed E-state index contributed by atoms with van der Waals surface area (Å²) in [6.07, 6.45) is 0.929. The Balaban J connectivity index is 1.49. The third kappa shape index (κ3) is 2.49. The Morgan fingerprint density at radius 2 is 1.40 bits per heavy atom. The second-order valence-electron chi connectivity index (χ2n) is 7.55. The van der Waals surface area contributed by atoms with Gasteiger partial charge < -0.3 is 8.98 Å². The molecule has 3 nitrogen and oxygen atoms in total. The zero-order chi connectivity index (χ0) is 20.1. The Bertz CT molecular complexity index is 1470. The number of rotatable bonds is 3. The normalized spacial score (nSPS) is 11.6. The highest BCUT2D eigenvalue weighted by atomic mass is 16.3. The molecule has 144 valence electrons. The zero-order valence-corrected chi connectivity index (χ0v) is 16.7. The minimum absolute atomic E-state index is 0.666. The molecule has 4 aromatic carbocycles. The highest BCUT2D eigenvalue weighted by Crippen LogP contribution is 2.33. The summed E-state index contributed by atoms with van der Waals surface area (Å²) in [6.45, 7) is 2.14. The van der Waals surface area contributed by atoms with Gasteiger partial charge in [-0.25, -0.2) is 4.98 Å². The smallest absolute Gasteiger partial charge is 0.227 e. The topological polar surface area (TPSA) is 31.0 Å². The van der Waals surface area contributed by atoms with Gasteiger partial charge in [0.1, 0.15) is 5.52 Å². The van der Waals surface area contributed by atoms with E-state index in [0.717, 1.165) is 28.8 Å². The maximum atomic E-state index is 6.13. The van der Waals surface area contributed by atoms with Gasteiger partial charge in [0.25, 0.3) is 0 Å². The molecule has 0 saturated heterocycles. The number of aromatic nitrogens is 2. The molecule has 0 unspecified atom stereocenters. The Morgan fingerprint density at radius 1 is 0.733 bits per heavy atom. The lowest BCUT2D eigenvalue weighted by atomic mass is 10.1. The van der Waals surface area contributed by atoms with Gasteiger partial charge in [-0.15, -0.1) is 0 Å². The third-order valence-corrected chi connectivity index (χ3v) is 5.83. The van der Waals surface area contributed by atoms with Gasteiger partial charge in [-0.2, -0.15) is 0 Å². The van der Waals surface area contributed by atoms with Crippen molar-refractivity contribution in [3.05, 3.63) is 96.6 Å². The van der Waals surface area contributed by atoms with E-state index in [1.807, 2.05) is 12.1 Å². The molecule has 2 heterocycles. The van der Waals surface area contributed by atoms with Gasteiger partial charge in [-0.3, -0.25) is 0 Å². The Labute approximate surface area is 174 Å². The van der Waals surface area contributed by atoms with Crippen LogP contribution >= 0.6 is 0 Å². The number of para-hydroxylation sites is 3. The van der Waals surface area contributed by atoms with Crippen LogP contribution in [0.4, 0.5) is 0 Å². The summed E-state index contributed by atoms with van der Waals surface area (Å²) in [6, 6.07) is 31.7. The number of aryl methyl sites for hydroxylation is 1. The summed E-state index contributed by atoms with van der Waals surface area (Å²) < 4.78 is 8.44. The summed E-state index contributed by atoms with van der Waals surface area (Å²) >= 11 is 0. The van der Waals surface area contributed by atoms with E-state index in [-0.39, 0.29) is 0 Å². The van der Waals surface area contributed by atoms with E-state index in [1.54, 1.807) is 0 Å². The number of benzene rings is 4. The Kier molecular flexibility index (Phi) is 3.75. The van der Waals surface area contributed by atoms with Crippen molar-refractivity contribution in [3.63, 3.8) is 0 Å². The molecule has 0 saturated carbocycles. The fourth-order valence-corrected chi connectivity index (χ4v) is 4.36. The van der Waals surface area contributed by atoms with Gasteiger partial charge in [0.2, 0.25) is 5.89 Å². The van der Waals surface area contributed by atoms with E-state index in [4.69, 9.17) is 9.40 Å². The maximum absolute atomic E-state index is 6.13. The number of hydrogen-bond donors (Lipinski definition) is 0. The van der Waals surface area contributed by atoms with E-state index in [0.29, 0.717) is 5.89 Å². The molecule has 0 aliphatic heterocycles. The van der Waals surface area contributed by atoms with Crippen LogP contribution in [0.25, 0.3) is 50.0 Å². The van der Waals surface area contributed by atoms with Crippen molar-refractivity contribution in [2.24, 2.45) is 0 Å². The molecule has 0 N–H and O–H groups in total. The van der Waals surface area contributed by atoms with Crippen molar-refractivity contribution >= 4 is 32.9 Å². The Hall–Kier alpha value is -3.85. The first-order chi connectivity index (χ1) is 14.8. The molecule has 6 rings (SSSR count). The van der Waals surface area contributed by atoms with Gasteiger partial charge in [-0.05, 0) is 54.4 Å². The summed E-state index contributed by atoms with van der Waals surface area (Å²) in [5.41, 5.74) is 7.52. The lowest BCUT2D eigenvalue weighted by molar-refractivity contribution is 0.615. The number of hydrogen-bond acceptors (Lipinski definition) is 2. The third-order valence-electron chi connectivity index (χ3n) is 5.83. The average molecular weight is 388 g/mol. The predicted molar refractivity (Wildman–Crippen MR) is 123 cm³/mol. The molecule has 0 aliphatic rings. The molecule has 6 aromatic rings. The monoisotopic (exact) mass is 388 g/mol. The fraction of sp³-hybridized carbons (Fsp3) is 0.0741. The van der Waals surface area contributed by atoms with Crippen molar-refractivity contribution < 1.29 is 4.42 Å². The van der Waals surface area contributed by atoms with Crippen LogP contribution in [-0.2, 0) is 6.42 Å². The standard InChI is InChI=1S/C27H20N2O/c1-2-18-8-7-11-23-26(18)30-27(28-23)19-14-16-20(17-15-19)29-24-12-5-3-9-21(24)22-10-4-6-13-25(22)29/h3-17H,2H2,1H3. The quantitative estimate of drug-likeness (QED) is 0.322. The van der Waals surface area contributed by atoms with Crippen molar-refractivity contribution in [1.82, 2.24) is 9.55 Å². The lowest BCUT2D eigenvalue weighted by Crippen LogP contribution is -1.93. The van der Waals surface area contributed by atoms with Crippen LogP contribution in [0.2, 0.25) is 0 Å². The van der Waals surface area contributed by atoms with Gasteiger partial charge >= 0.3 is 0 Å². The lowest BCUT2D eigenvalue weighted by Gasteiger charge is -2.08. The van der Waals surface area contributed by atoms with E-state index in [1.165, 1.54) is 27.4 Å². The van der Waals surface area contributed by atoms with Crippen LogP contribution in [0.5, 0.6) is 0 Å². The van der Waals surface area contributed by atoms with Crippen LogP contribution in [0.3, 0.4) is 0 Å². The number of nitrogens with zero attached hydrogens (tertiary/aromatic N) is 2. The van der Waals surface area contributed by atoms with E-state index >= 15 is 0 Å². The van der Waals surface area contributed by atoms with Gasteiger partial charge in [0.15, 0.2) is 5.58 Å². The predicted octanol–water partition coefficient (Wildman–Crippen LogP) is 7.15. The SMILES string of the molecule is CCc1cccc2nc(-c3ccc(-n4c5ccccc5c5ccccc54)cc3)oc12. The Morgan fingerprint density at radius 3 is 2.07 bits per heavy atom. The summed E-state index contributed by atoms with van der Waals surface area (Å²) in [5.74, 6) is 0.666. The number of oxazole rings is 1. The summed E-state index contributed by atoms with van der Waals surface area (Å²) in [5, 5.41) is 2.53. The molecule has 0 bridgehead atoms. The van der Waals surface area contributed by atoms with Crippen LogP contribution < -0.4 is 0 Å². The average Bonchev–Trinajstić information content (AvgIpc) is 3.39. The first-order valence-corrected chi connectivity index (χ1v) is 10.3. The van der Waals surface area contributed by atoms with Crippen molar-refractivity contribution in [3.8, 4) is 17.1 Å². The molecule has 2 aromatic heterocycles. The first-order valence-electron chi connectivity index (χ1n) is 10.3. The molecule has 0 amide bonds. The van der Waals surface area contributed by atoms with Crippen LogP contribution in [-0.4, -0.2) is 9.55 Å². The largest absolute Gasteiger partial charge is 0.436 e. The summed E-state index contributed by atoms with van der Waals surface area (Å²) in [4.78, 5) is 4.71. The van der Waals surface area contributed by atoms with Crippen LogP contribution in [0.15, 0.2) is 95.4 Å². The summed E-state index contributed by atoms with van der Waals surface area (Å²) in [7, 11) is 0. The molecular weight excluding hydrogens is 368 g/mol. The van der Waals surface area contributed by atoms with Gasteiger partial charge in [0, 0.05) is 22.0 Å². The molecule has 0 spiro atoms. The number of fused-ring (bicyclic) bond motifs is 4. The minimum atomic E-state index is 0.666. The fourth-order valence-electron chi connectivity index (χ4n) is 4.36. The second kappa shape index (κ2) is 6.60. The molecule has 0 fully saturated rings. The van der Waals surface area contributed by atoms with Gasteiger partial charge in [0.05, 0.1) is 11.0 Å². The van der Waals surface area contributed by atoms with Crippen molar-refractivity contribution in [1.29, 1.82) is 0 Å². The molecule has 0 atom stereocenters. The van der Waals surface area contributed by atoms with Crippen LogP contribution in [0, 0.1) is 0 Å². The molecule has 0 radical (unpaired) electrons. The molecule has 0 aliphatic carbocycles. The van der Waals surface area contributed by atoms with Crippen LogP contribution in [0.1, 0.15) is 12.5 Å². The minimum Gasteiger partial charge on any atom is -0.436 e. The van der Waals surface area contributed by atoms with Crippen molar-refractivity contribution in [2.45, 2.75) is 13.3 Å². The highest BCUT2D eigenvalue weighted by molar-refractivity contribution is 6.09. The first kappa shape index (κ1) is 17.0. The molecular formula is C27H20N2O. The van der Waals surface area contributed by atoms with Gasteiger partial charge in [-0.1, -0.05) is 55.5 Å². The second-order valence-corrected chi connectivity index (χ2v) is 7.55.